The van der Waals surface area contributed by atoms with E-state index in [2.05, 4.69) is 27.7 Å². The zero-order valence-electron chi connectivity index (χ0n) is 9.48. The Labute approximate surface area is 112 Å². The van der Waals surface area contributed by atoms with Crippen LogP contribution in [0, 0.1) is 16.3 Å². The first-order chi connectivity index (χ1) is 7.99. The summed E-state index contributed by atoms with van der Waals surface area (Å²) in [6.07, 6.45) is 2.81. The molecule has 3 nitrogen and oxygen atoms in total. The van der Waals surface area contributed by atoms with Crippen molar-refractivity contribution in [2.24, 2.45) is 0 Å². The first-order valence-corrected chi connectivity index (χ1v) is 6.25. The van der Waals surface area contributed by atoms with Crippen molar-refractivity contribution in [2.75, 3.05) is 0 Å². The minimum absolute atomic E-state index is 0.313. The van der Waals surface area contributed by atoms with E-state index in [4.69, 9.17) is 0 Å². The third kappa shape index (κ3) is 2.50. The summed E-state index contributed by atoms with van der Waals surface area (Å²) in [6.45, 7) is 3.31. The molecule has 0 amide bonds. The molecule has 1 N–H and O–H groups in total. The number of nitrogens with zero attached hydrogens (tertiary/aromatic N) is 2. The van der Waals surface area contributed by atoms with E-state index in [0.29, 0.717) is 16.8 Å². The van der Waals surface area contributed by atoms with E-state index in [1.165, 1.54) is 6.07 Å². The lowest BCUT2D eigenvalue weighted by molar-refractivity contribution is 0.198. The Kier molecular flexibility index (Phi) is 3.48. The van der Waals surface area contributed by atoms with E-state index in [9.17, 15) is 9.50 Å². The van der Waals surface area contributed by atoms with Gasteiger partial charge in [0.05, 0.1) is 21.6 Å². The minimum Gasteiger partial charge on any atom is -0.389 e. The van der Waals surface area contributed by atoms with Crippen molar-refractivity contribution >= 4 is 22.6 Å². The molecule has 5 heteroatoms. The maximum absolute atomic E-state index is 13.5. The van der Waals surface area contributed by atoms with Gasteiger partial charge in [0.1, 0.15) is 5.82 Å². The van der Waals surface area contributed by atoms with Crippen LogP contribution in [0.25, 0.3) is 5.69 Å². The molecular weight excluding hydrogens is 334 g/mol. The molecule has 0 aliphatic rings. The van der Waals surface area contributed by atoms with E-state index in [1.54, 1.807) is 30.8 Å². The monoisotopic (exact) mass is 346 g/mol. The van der Waals surface area contributed by atoms with Gasteiger partial charge in [-0.3, -0.25) is 0 Å². The second kappa shape index (κ2) is 4.73. The van der Waals surface area contributed by atoms with Crippen LogP contribution in [0.2, 0.25) is 0 Å². The molecule has 0 saturated heterocycles. The molecule has 0 unspecified atom stereocenters. The Morgan fingerprint density at radius 3 is 2.71 bits per heavy atom. The van der Waals surface area contributed by atoms with Crippen LogP contribution in [0.4, 0.5) is 4.39 Å². The Morgan fingerprint density at radius 2 is 2.18 bits per heavy atom. The van der Waals surface area contributed by atoms with Crippen molar-refractivity contribution in [2.45, 2.75) is 20.0 Å². The highest BCUT2D eigenvalue weighted by Gasteiger charge is 2.13. The smallest absolute Gasteiger partial charge is 0.126 e. The summed E-state index contributed by atoms with van der Waals surface area (Å²) >= 11 is 2.15. The first kappa shape index (κ1) is 12.5. The van der Waals surface area contributed by atoms with Gasteiger partial charge >= 0.3 is 0 Å². The average molecular weight is 346 g/mol. The SMILES string of the molecule is Cc1cc(-n2cc(I)cn2)c([C@H](C)O)cc1F. The molecule has 0 fully saturated rings. The van der Waals surface area contributed by atoms with Crippen LogP contribution in [-0.4, -0.2) is 14.9 Å². The molecule has 0 aliphatic heterocycles. The molecule has 90 valence electrons. The number of rotatable bonds is 2. The van der Waals surface area contributed by atoms with Crippen molar-refractivity contribution < 1.29 is 9.50 Å². The van der Waals surface area contributed by atoms with E-state index >= 15 is 0 Å². The van der Waals surface area contributed by atoms with Gasteiger partial charge in [0, 0.05) is 11.8 Å². The summed E-state index contributed by atoms with van der Waals surface area (Å²) in [5.41, 5.74) is 1.78. The highest BCUT2D eigenvalue weighted by Crippen LogP contribution is 2.25. The molecule has 1 atom stereocenters. The van der Waals surface area contributed by atoms with Gasteiger partial charge in [-0.25, -0.2) is 9.07 Å². The lowest BCUT2D eigenvalue weighted by Gasteiger charge is -2.13. The number of hydrogen-bond donors (Lipinski definition) is 1. The first-order valence-electron chi connectivity index (χ1n) is 5.17. The van der Waals surface area contributed by atoms with Crippen LogP contribution < -0.4 is 0 Å². The molecule has 1 aromatic carbocycles. The van der Waals surface area contributed by atoms with Gasteiger partial charge < -0.3 is 5.11 Å². The average Bonchev–Trinajstić information content (AvgIpc) is 2.68. The van der Waals surface area contributed by atoms with Gasteiger partial charge in [-0.2, -0.15) is 5.10 Å². The van der Waals surface area contributed by atoms with E-state index < -0.39 is 6.10 Å². The van der Waals surface area contributed by atoms with Gasteiger partial charge in [-0.1, -0.05) is 0 Å². The van der Waals surface area contributed by atoms with Gasteiger partial charge in [-0.15, -0.1) is 0 Å². The summed E-state index contributed by atoms with van der Waals surface area (Å²) in [5, 5.41) is 13.9. The maximum Gasteiger partial charge on any atom is 0.126 e. The Morgan fingerprint density at radius 1 is 1.47 bits per heavy atom. The van der Waals surface area contributed by atoms with Crippen LogP contribution >= 0.6 is 22.6 Å². The summed E-state index contributed by atoms with van der Waals surface area (Å²) in [6, 6.07) is 3.06. The van der Waals surface area contributed by atoms with Gasteiger partial charge in [-0.05, 0) is 54.1 Å². The quantitative estimate of drug-likeness (QED) is 0.849. The van der Waals surface area contributed by atoms with Crippen molar-refractivity contribution in [1.29, 1.82) is 0 Å². The zero-order chi connectivity index (χ0) is 12.6. The molecule has 0 bridgehead atoms. The second-order valence-corrected chi connectivity index (χ2v) is 5.18. The van der Waals surface area contributed by atoms with Crippen LogP contribution in [-0.2, 0) is 0 Å². The molecule has 0 saturated carbocycles. The topological polar surface area (TPSA) is 38.0 Å². The molecule has 1 heterocycles. The standard InChI is InChI=1S/C12H12FIN2O/c1-7-3-12(16-6-9(14)5-15-16)10(8(2)17)4-11(7)13/h3-6,8,17H,1-2H3/t8-/m0/s1. The van der Waals surface area contributed by atoms with Crippen LogP contribution in [0.15, 0.2) is 24.5 Å². The van der Waals surface area contributed by atoms with Gasteiger partial charge in [0.25, 0.3) is 0 Å². The van der Waals surface area contributed by atoms with Crippen LogP contribution in [0.1, 0.15) is 24.2 Å². The lowest BCUT2D eigenvalue weighted by atomic mass is 10.1. The number of hydrogen-bond acceptors (Lipinski definition) is 2. The fourth-order valence-corrected chi connectivity index (χ4v) is 2.04. The van der Waals surface area contributed by atoms with Crippen molar-refractivity contribution in [3.05, 3.63) is 45.0 Å². The zero-order valence-corrected chi connectivity index (χ0v) is 11.6. The number of aliphatic hydroxyl groups is 1. The largest absolute Gasteiger partial charge is 0.389 e. The number of aliphatic hydroxyl groups excluding tert-OH is 1. The molecule has 1 aromatic heterocycles. The molecule has 17 heavy (non-hydrogen) atoms. The van der Waals surface area contributed by atoms with Crippen molar-refractivity contribution in [3.63, 3.8) is 0 Å². The minimum atomic E-state index is -0.734. The molecule has 2 rings (SSSR count). The fourth-order valence-electron chi connectivity index (χ4n) is 1.65. The summed E-state index contributed by atoms with van der Waals surface area (Å²) < 4.78 is 16.1. The Balaban J connectivity index is 2.63. The number of aryl methyl sites for hydroxylation is 1. The van der Waals surface area contributed by atoms with E-state index in [1.807, 2.05) is 6.20 Å². The predicted octanol–water partition coefficient (Wildman–Crippen LogP) is 2.98. The molecule has 2 aromatic rings. The molecule has 0 aliphatic carbocycles. The van der Waals surface area contributed by atoms with Gasteiger partial charge in [0.2, 0.25) is 0 Å². The van der Waals surface area contributed by atoms with E-state index in [-0.39, 0.29) is 5.82 Å². The summed E-state index contributed by atoms with van der Waals surface area (Å²) in [7, 11) is 0. The van der Waals surface area contributed by atoms with Gasteiger partial charge in [0.15, 0.2) is 0 Å². The molecule has 0 radical (unpaired) electrons. The number of halogens is 2. The fraction of sp³-hybridized carbons (Fsp3) is 0.250. The lowest BCUT2D eigenvalue weighted by Crippen LogP contribution is -2.05. The van der Waals surface area contributed by atoms with Crippen LogP contribution in [0.3, 0.4) is 0 Å². The number of aromatic nitrogens is 2. The third-order valence-electron chi connectivity index (χ3n) is 2.56. The maximum atomic E-state index is 13.5. The summed E-state index contributed by atoms with van der Waals surface area (Å²) in [4.78, 5) is 0. The highest BCUT2D eigenvalue weighted by molar-refractivity contribution is 14.1. The Hall–Kier alpha value is -0.950. The normalized spacial score (nSPS) is 12.8. The van der Waals surface area contributed by atoms with Crippen molar-refractivity contribution in [3.8, 4) is 5.69 Å². The van der Waals surface area contributed by atoms with Crippen molar-refractivity contribution in [1.82, 2.24) is 9.78 Å². The predicted molar refractivity (Wildman–Crippen MR) is 71.6 cm³/mol. The van der Waals surface area contributed by atoms with Crippen LogP contribution in [0.5, 0.6) is 0 Å². The number of benzene rings is 1. The summed E-state index contributed by atoms with van der Waals surface area (Å²) in [5.74, 6) is -0.313. The second-order valence-electron chi connectivity index (χ2n) is 3.94. The molecular formula is C12H12FIN2O. The highest BCUT2D eigenvalue weighted by atomic mass is 127. The van der Waals surface area contributed by atoms with E-state index in [0.717, 1.165) is 3.57 Å². The Bertz CT molecular complexity index is 551. The molecule has 0 spiro atoms. The third-order valence-corrected chi connectivity index (χ3v) is 3.11.